The number of benzene rings is 1. The molecule has 0 bridgehead atoms. The maximum atomic E-state index is 13.0. The summed E-state index contributed by atoms with van der Waals surface area (Å²) >= 11 is 0. The first-order chi connectivity index (χ1) is 8.19. The summed E-state index contributed by atoms with van der Waals surface area (Å²) in [6.07, 6.45) is 5.02. The number of hydrogen-bond donors (Lipinski definition) is 1. The van der Waals surface area contributed by atoms with Gasteiger partial charge in [0.2, 0.25) is 5.91 Å². The van der Waals surface area contributed by atoms with Crippen LogP contribution in [0.25, 0.3) is 0 Å². The van der Waals surface area contributed by atoms with Crippen molar-refractivity contribution in [3.05, 3.63) is 35.6 Å². The molecule has 2 nitrogen and oxygen atoms in total. The van der Waals surface area contributed by atoms with Crippen LogP contribution in [0.4, 0.5) is 4.39 Å². The van der Waals surface area contributed by atoms with E-state index in [1.54, 1.807) is 19.2 Å². The zero-order valence-corrected chi connectivity index (χ0v) is 10.1. The lowest BCUT2D eigenvalue weighted by Crippen LogP contribution is -2.44. The molecule has 1 aliphatic carbocycles. The van der Waals surface area contributed by atoms with E-state index in [9.17, 15) is 9.18 Å². The van der Waals surface area contributed by atoms with E-state index in [4.69, 9.17) is 0 Å². The van der Waals surface area contributed by atoms with Gasteiger partial charge in [0.25, 0.3) is 0 Å². The monoisotopic (exact) mass is 235 g/mol. The summed E-state index contributed by atoms with van der Waals surface area (Å²) in [6.45, 7) is 0. The Hall–Kier alpha value is -1.38. The van der Waals surface area contributed by atoms with Gasteiger partial charge in [-0.15, -0.1) is 0 Å². The van der Waals surface area contributed by atoms with Gasteiger partial charge in [0, 0.05) is 7.05 Å². The van der Waals surface area contributed by atoms with Crippen LogP contribution >= 0.6 is 0 Å². The Bertz CT molecular complexity index is 393. The van der Waals surface area contributed by atoms with Crippen molar-refractivity contribution in [2.75, 3.05) is 7.05 Å². The first-order valence-corrected chi connectivity index (χ1v) is 6.17. The second-order valence-corrected chi connectivity index (χ2v) is 4.73. The highest BCUT2D eigenvalue weighted by molar-refractivity contribution is 5.88. The SMILES string of the molecule is CNC(=O)C1(c2ccc(F)cc2)CCCCC1. The molecule has 1 aromatic rings. The maximum absolute atomic E-state index is 13.0. The fraction of sp³-hybridized carbons (Fsp3) is 0.500. The van der Waals surface area contributed by atoms with Crippen molar-refractivity contribution in [2.24, 2.45) is 0 Å². The fourth-order valence-electron chi connectivity index (χ4n) is 2.81. The van der Waals surface area contributed by atoms with Gasteiger partial charge in [-0.2, -0.15) is 0 Å². The Morgan fingerprint density at radius 2 is 1.76 bits per heavy atom. The summed E-state index contributed by atoms with van der Waals surface area (Å²) in [4.78, 5) is 12.2. The molecule has 0 unspecified atom stereocenters. The summed E-state index contributed by atoms with van der Waals surface area (Å²) in [5, 5.41) is 2.76. The Balaban J connectivity index is 2.38. The van der Waals surface area contributed by atoms with E-state index in [-0.39, 0.29) is 11.7 Å². The Kier molecular flexibility index (Phi) is 3.46. The molecular formula is C14H18FNO. The van der Waals surface area contributed by atoms with Crippen molar-refractivity contribution in [3.8, 4) is 0 Å². The highest BCUT2D eigenvalue weighted by Gasteiger charge is 2.40. The van der Waals surface area contributed by atoms with Crippen LogP contribution in [0.5, 0.6) is 0 Å². The van der Waals surface area contributed by atoms with Crippen LogP contribution in [0.15, 0.2) is 24.3 Å². The van der Waals surface area contributed by atoms with Crippen molar-refractivity contribution in [3.63, 3.8) is 0 Å². The van der Waals surface area contributed by atoms with E-state index < -0.39 is 5.41 Å². The standard InChI is InChI=1S/C14H18FNO/c1-16-13(17)14(9-3-2-4-10-14)11-5-7-12(15)8-6-11/h5-8H,2-4,9-10H2,1H3,(H,16,17). The highest BCUT2D eigenvalue weighted by atomic mass is 19.1. The third-order valence-corrected chi connectivity index (χ3v) is 3.77. The van der Waals surface area contributed by atoms with Crippen molar-refractivity contribution in [1.82, 2.24) is 5.32 Å². The molecule has 0 aliphatic heterocycles. The third kappa shape index (κ3) is 2.19. The average molecular weight is 235 g/mol. The number of rotatable bonds is 2. The molecule has 1 amide bonds. The van der Waals surface area contributed by atoms with E-state index in [1.165, 1.54) is 18.6 Å². The van der Waals surface area contributed by atoms with Crippen LogP contribution in [0.3, 0.4) is 0 Å². The van der Waals surface area contributed by atoms with E-state index in [0.717, 1.165) is 31.2 Å². The molecule has 0 atom stereocenters. The molecule has 0 aromatic heterocycles. The number of halogens is 1. The molecule has 1 saturated carbocycles. The topological polar surface area (TPSA) is 29.1 Å². The molecule has 0 saturated heterocycles. The summed E-state index contributed by atoms with van der Waals surface area (Å²) in [6, 6.07) is 6.37. The van der Waals surface area contributed by atoms with Crippen LogP contribution in [-0.4, -0.2) is 13.0 Å². The normalized spacial score (nSPS) is 18.7. The lowest BCUT2D eigenvalue weighted by molar-refractivity contribution is -0.127. The van der Waals surface area contributed by atoms with Crippen molar-refractivity contribution < 1.29 is 9.18 Å². The summed E-state index contributed by atoms with van der Waals surface area (Å²) < 4.78 is 13.0. The predicted molar refractivity (Wildman–Crippen MR) is 65.2 cm³/mol. The minimum atomic E-state index is -0.444. The van der Waals surface area contributed by atoms with Crippen molar-refractivity contribution in [2.45, 2.75) is 37.5 Å². The molecule has 2 rings (SSSR count). The number of nitrogens with one attached hydrogen (secondary N) is 1. The van der Waals surface area contributed by atoms with Crippen LogP contribution in [0, 0.1) is 5.82 Å². The minimum absolute atomic E-state index is 0.0591. The average Bonchev–Trinajstić information content (AvgIpc) is 2.39. The van der Waals surface area contributed by atoms with Crippen LogP contribution in [0.1, 0.15) is 37.7 Å². The molecule has 1 aliphatic rings. The highest BCUT2D eigenvalue weighted by Crippen LogP contribution is 2.39. The van der Waals surface area contributed by atoms with Crippen LogP contribution < -0.4 is 5.32 Å². The van der Waals surface area contributed by atoms with Gasteiger partial charge >= 0.3 is 0 Å². The molecule has 0 spiro atoms. The number of amides is 1. The number of likely N-dealkylation sites (N-methyl/N-ethyl adjacent to an activating group) is 1. The molecule has 17 heavy (non-hydrogen) atoms. The van der Waals surface area contributed by atoms with Gasteiger partial charge < -0.3 is 5.32 Å². The van der Waals surface area contributed by atoms with Gasteiger partial charge in [0.05, 0.1) is 5.41 Å². The summed E-state index contributed by atoms with van der Waals surface area (Å²) in [5.74, 6) is -0.194. The second-order valence-electron chi connectivity index (χ2n) is 4.73. The van der Waals surface area contributed by atoms with Crippen molar-refractivity contribution in [1.29, 1.82) is 0 Å². The van der Waals surface area contributed by atoms with Crippen molar-refractivity contribution >= 4 is 5.91 Å². The lowest BCUT2D eigenvalue weighted by atomic mass is 9.69. The summed E-state index contributed by atoms with van der Waals surface area (Å²) in [5.41, 5.74) is 0.499. The number of carbonyl (C=O) groups is 1. The van der Waals surface area contributed by atoms with E-state index in [0.29, 0.717) is 0 Å². The van der Waals surface area contributed by atoms with Gasteiger partial charge in [0.1, 0.15) is 5.82 Å². The molecule has 92 valence electrons. The molecule has 0 heterocycles. The third-order valence-electron chi connectivity index (χ3n) is 3.77. The predicted octanol–water partition coefficient (Wildman–Crippen LogP) is 2.77. The van der Waals surface area contributed by atoms with Gasteiger partial charge in [-0.1, -0.05) is 31.4 Å². The molecule has 0 radical (unpaired) electrons. The largest absolute Gasteiger partial charge is 0.358 e. The van der Waals surface area contributed by atoms with E-state index >= 15 is 0 Å². The Morgan fingerprint density at radius 1 is 1.18 bits per heavy atom. The molecule has 1 fully saturated rings. The fourth-order valence-corrected chi connectivity index (χ4v) is 2.81. The smallest absolute Gasteiger partial charge is 0.230 e. The number of carbonyl (C=O) groups excluding carboxylic acids is 1. The van der Waals surface area contributed by atoms with Crippen LogP contribution in [0.2, 0.25) is 0 Å². The molecule has 3 heteroatoms. The quantitative estimate of drug-likeness (QED) is 0.839. The molecule has 1 aromatic carbocycles. The van der Waals surface area contributed by atoms with Gasteiger partial charge in [-0.05, 0) is 30.5 Å². The van der Waals surface area contributed by atoms with Gasteiger partial charge in [0.15, 0.2) is 0 Å². The van der Waals surface area contributed by atoms with Gasteiger partial charge in [-0.25, -0.2) is 4.39 Å². The first-order valence-electron chi connectivity index (χ1n) is 6.17. The Labute approximate surface area is 101 Å². The number of hydrogen-bond acceptors (Lipinski definition) is 1. The van der Waals surface area contributed by atoms with E-state index in [2.05, 4.69) is 5.32 Å². The zero-order valence-electron chi connectivity index (χ0n) is 10.1. The second kappa shape index (κ2) is 4.86. The molecule has 1 N–H and O–H groups in total. The Morgan fingerprint density at radius 3 is 2.29 bits per heavy atom. The zero-order chi connectivity index (χ0) is 12.3. The summed E-state index contributed by atoms with van der Waals surface area (Å²) in [7, 11) is 1.67. The lowest BCUT2D eigenvalue weighted by Gasteiger charge is -2.36. The van der Waals surface area contributed by atoms with Gasteiger partial charge in [-0.3, -0.25) is 4.79 Å². The first kappa shape index (κ1) is 12.1. The molecular weight excluding hydrogens is 217 g/mol. The minimum Gasteiger partial charge on any atom is -0.358 e. The van der Waals surface area contributed by atoms with Crippen LogP contribution in [-0.2, 0) is 10.2 Å². The maximum Gasteiger partial charge on any atom is 0.230 e. The van der Waals surface area contributed by atoms with E-state index in [1.807, 2.05) is 0 Å².